The van der Waals surface area contributed by atoms with Crippen molar-refractivity contribution >= 4 is 20.3 Å². The predicted octanol–water partition coefficient (Wildman–Crippen LogP) is 2.56. The second-order valence-corrected chi connectivity index (χ2v) is 16.9. The van der Waals surface area contributed by atoms with E-state index < -0.39 is 68.4 Å². The molecule has 248 valence electrons. The Hall–Kier alpha value is -3.32. The number of H-pyrrole nitrogens is 1. The SMILES string of the molecule is CCO[C@@H]1C=C[C@H](n2cc(C#CCO[C@@H]3C=C[C@H](OC(C)=O)[C@@H](COC(C)=O)O3)c(=O)[nH]c2=O)[C@@H](CO[Si](C)(C)C(C)(C)C)O1. The highest BCUT2D eigenvalue weighted by atomic mass is 28.4. The van der Waals surface area contributed by atoms with Gasteiger partial charge in [-0.15, -0.1) is 0 Å². The Kier molecular flexibility index (Phi) is 12.7. The number of rotatable bonds is 11. The van der Waals surface area contributed by atoms with E-state index in [2.05, 4.69) is 50.7 Å². The summed E-state index contributed by atoms with van der Waals surface area (Å²) in [6, 6.07) is -0.590. The van der Waals surface area contributed by atoms with Gasteiger partial charge in [-0.1, -0.05) is 38.7 Å². The summed E-state index contributed by atoms with van der Waals surface area (Å²) in [5.74, 6) is 4.49. The fourth-order valence-corrected chi connectivity index (χ4v) is 5.22. The zero-order valence-electron chi connectivity index (χ0n) is 27.1. The van der Waals surface area contributed by atoms with E-state index in [1.807, 2.05) is 13.0 Å². The summed E-state index contributed by atoms with van der Waals surface area (Å²) in [6.45, 7) is 15.4. The molecular formula is C31H44N2O11Si. The molecule has 14 heteroatoms. The molecule has 0 amide bonds. The first-order valence-corrected chi connectivity index (χ1v) is 17.7. The summed E-state index contributed by atoms with van der Waals surface area (Å²) in [5, 5.41) is -0.0301. The number of hydrogen-bond acceptors (Lipinski definition) is 11. The highest BCUT2D eigenvalue weighted by Crippen LogP contribution is 2.37. The van der Waals surface area contributed by atoms with Crippen LogP contribution >= 0.6 is 0 Å². The van der Waals surface area contributed by atoms with E-state index in [1.54, 1.807) is 18.2 Å². The van der Waals surface area contributed by atoms with Gasteiger partial charge in [0.25, 0.3) is 5.56 Å². The molecule has 1 aromatic rings. The summed E-state index contributed by atoms with van der Waals surface area (Å²) in [7, 11) is -2.14. The maximum atomic E-state index is 13.0. The van der Waals surface area contributed by atoms with Gasteiger partial charge in [0.2, 0.25) is 0 Å². The van der Waals surface area contributed by atoms with Crippen LogP contribution in [0, 0.1) is 11.8 Å². The van der Waals surface area contributed by atoms with E-state index >= 15 is 0 Å². The quantitative estimate of drug-likeness (QED) is 0.163. The number of hydrogen-bond donors (Lipinski definition) is 1. The summed E-state index contributed by atoms with van der Waals surface area (Å²) < 4.78 is 41.2. The molecule has 6 atom stereocenters. The number of aromatic nitrogens is 2. The van der Waals surface area contributed by atoms with Gasteiger partial charge in [0.05, 0.1) is 12.6 Å². The lowest BCUT2D eigenvalue weighted by molar-refractivity contribution is -0.193. The zero-order valence-corrected chi connectivity index (χ0v) is 28.1. The molecule has 2 aliphatic heterocycles. The Morgan fingerprint density at radius 3 is 2.29 bits per heavy atom. The molecule has 3 heterocycles. The predicted molar refractivity (Wildman–Crippen MR) is 166 cm³/mol. The van der Waals surface area contributed by atoms with Crippen LogP contribution in [0.5, 0.6) is 0 Å². The van der Waals surface area contributed by atoms with E-state index in [0.717, 1.165) is 0 Å². The topological polar surface area (TPSA) is 154 Å². The largest absolute Gasteiger partial charge is 0.463 e. The van der Waals surface area contributed by atoms with Crippen molar-refractivity contribution in [2.24, 2.45) is 0 Å². The standard InChI is InChI=1S/C31H44N2O11Si/c1-9-38-27-14-12-23(25(43-27)19-41-45(7,8)31(4,5)6)33-17-22(29(36)32-30(33)37)11-10-16-39-28-15-13-24(42-21(3)35)26(44-28)18-40-20(2)34/h12-15,17,23-28H,9,16,18-19H2,1-8H3,(H,32,36,37)/t23-,24-,25+,26+,27-,28-/m0/s1. The van der Waals surface area contributed by atoms with Crippen molar-refractivity contribution in [1.82, 2.24) is 9.55 Å². The number of esters is 2. The van der Waals surface area contributed by atoms with Gasteiger partial charge in [-0.05, 0) is 43.3 Å². The van der Waals surface area contributed by atoms with Crippen molar-refractivity contribution in [2.45, 2.75) is 96.6 Å². The Balaban J connectivity index is 1.76. The molecule has 45 heavy (non-hydrogen) atoms. The number of ether oxygens (including phenoxy) is 6. The molecule has 0 saturated heterocycles. The molecule has 0 spiro atoms. The molecule has 13 nitrogen and oxygen atoms in total. The average Bonchev–Trinajstić information content (AvgIpc) is 2.94. The van der Waals surface area contributed by atoms with E-state index in [0.29, 0.717) is 6.61 Å². The van der Waals surface area contributed by atoms with Crippen molar-refractivity contribution in [3.63, 3.8) is 0 Å². The molecule has 0 aromatic carbocycles. The van der Waals surface area contributed by atoms with Crippen molar-refractivity contribution in [3.8, 4) is 11.8 Å². The summed E-state index contributed by atoms with van der Waals surface area (Å²) in [6.07, 6.45) is 4.48. The summed E-state index contributed by atoms with van der Waals surface area (Å²) >= 11 is 0. The molecule has 0 unspecified atom stereocenters. The summed E-state index contributed by atoms with van der Waals surface area (Å²) in [4.78, 5) is 50.6. The first kappa shape index (κ1) is 36.1. The van der Waals surface area contributed by atoms with Crippen LogP contribution in [-0.2, 0) is 42.4 Å². The molecule has 1 aromatic heterocycles. The molecule has 1 N–H and O–H groups in total. The highest BCUT2D eigenvalue weighted by Gasteiger charge is 2.39. The summed E-state index contributed by atoms with van der Waals surface area (Å²) in [5.41, 5.74) is -1.22. The lowest BCUT2D eigenvalue weighted by atomic mass is 10.1. The van der Waals surface area contributed by atoms with E-state index in [9.17, 15) is 19.2 Å². The molecule has 0 radical (unpaired) electrons. The lowest BCUT2D eigenvalue weighted by Gasteiger charge is -2.39. The number of carbonyl (C=O) groups excluding carboxylic acids is 2. The Morgan fingerprint density at radius 2 is 1.64 bits per heavy atom. The zero-order chi connectivity index (χ0) is 33.4. The third-order valence-corrected chi connectivity index (χ3v) is 12.1. The van der Waals surface area contributed by atoms with Gasteiger partial charge >= 0.3 is 17.6 Å². The van der Waals surface area contributed by atoms with Crippen molar-refractivity contribution < 1.29 is 42.4 Å². The Bertz CT molecular complexity index is 1430. The van der Waals surface area contributed by atoms with Gasteiger partial charge in [-0.3, -0.25) is 23.9 Å². The molecular weight excluding hydrogens is 604 g/mol. The van der Waals surface area contributed by atoms with Gasteiger partial charge in [-0.25, -0.2) is 4.79 Å². The van der Waals surface area contributed by atoms with Crippen LogP contribution in [-0.4, -0.2) is 87.1 Å². The molecule has 0 saturated carbocycles. The van der Waals surface area contributed by atoms with Gasteiger partial charge in [0.15, 0.2) is 20.9 Å². The van der Waals surface area contributed by atoms with Crippen LogP contribution in [0.25, 0.3) is 0 Å². The Labute approximate surface area is 263 Å². The van der Waals surface area contributed by atoms with Gasteiger partial charge in [-0.2, -0.15) is 0 Å². The first-order chi connectivity index (χ1) is 21.1. The van der Waals surface area contributed by atoms with Crippen LogP contribution in [0.3, 0.4) is 0 Å². The van der Waals surface area contributed by atoms with Gasteiger partial charge in [0.1, 0.15) is 37.1 Å². The van der Waals surface area contributed by atoms with E-state index in [-0.39, 0.29) is 30.4 Å². The van der Waals surface area contributed by atoms with Gasteiger partial charge in [0, 0.05) is 26.7 Å². The van der Waals surface area contributed by atoms with E-state index in [1.165, 1.54) is 24.6 Å². The van der Waals surface area contributed by atoms with Crippen molar-refractivity contribution in [2.75, 3.05) is 26.4 Å². The maximum Gasteiger partial charge on any atom is 0.329 e. The number of aromatic amines is 1. The second kappa shape index (κ2) is 15.8. The van der Waals surface area contributed by atoms with Crippen molar-refractivity contribution in [3.05, 3.63) is 56.9 Å². The lowest BCUT2D eigenvalue weighted by Crippen LogP contribution is -2.47. The highest BCUT2D eigenvalue weighted by molar-refractivity contribution is 6.74. The fraction of sp³-hybridized carbons (Fsp3) is 0.613. The number of carbonyl (C=O) groups is 2. The maximum absolute atomic E-state index is 13.0. The van der Waals surface area contributed by atoms with Crippen molar-refractivity contribution in [1.29, 1.82) is 0 Å². The minimum atomic E-state index is -2.14. The molecule has 0 fully saturated rings. The van der Waals surface area contributed by atoms with Crippen LogP contribution in [0.4, 0.5) is 0 Å². The van der Waals surface area contributed by atoms with Crippen LogP contribution in [0.2, 0.25) is 18.1 Å². The second-order valence-electron chi connectivity index (χ2n) is 12.1. The molecule has 0 aliphatic carbocycles. The van der Waals surface area contributed by atoms with Crippen LogP contribution < -0.4 is 11.2 Å². The minimum absolute atomic E-state index is 0.0301. The molecule has 2 aliphatic rings. The minimum Gasteiger partial charge on any atom is -0.463 e. The fourth-order valence-electron chi connectivity index (χ4n) is 4.21. The van der Waals surface area contributed by atoms with Gasteiger partial charge < -0.3 is 32.8 Å². The average molecular weight is 649 g/mol. The third kappa shape index (κ3) is 10.3. The number of nitrogens with one attached hydrogen (secondary N) is 1. The molecule has 3 rings (SSSR count). The third-order valence-electron chi connectivity index (χ3n) is 7.62. The normalized spacial score (nSPS) is 24.9. The monoisotopic (exact) mass is 648 g/mol. The molecule has 0 bridgehead atoms. The van der Waals surface area contributed by atoms with Crippen LogP contribution in [0.15, 0.2) is 40.1 Å². The number of nitrogens with zero attached hydrogens (tertiary/aromatic N) is 1. The first-order valence-electron chi connectivity index (χ1n) is 14.8. The smallest absolute Gasteiger partial charge is 0.329 e. The van der Waals surface area contributed by atoms with Crippen LogP contribution in [0.1, 0.15) is 53.1 Å². The van der Waals surface area contributed by atoms with E-state index in [4.69, 9.17) is 32.8 Å². The Morgan fingerprint density at radius 1 is 0.978 bits per heavy atom.